The monoisotopic (exact) mass is 280 g/mol. The number of carbonyl (C=O) groups excluding carboxylic acids is 2. The minimum Gasteiger partial charge on any atom is -0.371 e. The maximum atomic E-state index is 12.4. The molecule has 1 unspecified atom stereocenters. The molecular weight excluding hydrogens is 256 g/mol. The Morgan fingerprint density at radius 3 is 2.70 bits per heavy atom. The number of amides is 2. The van der Waals surface area contributed by atoms with Gasteiger partial charge in [-0.2, -0.15) is 0 Å². The molecular formula is C15H24N2O3. The molecule has 0 aromatic heterocycles. The third-order valence-electron chi connectivity index (χ3n) is 4.38. The number of hydrogen-bond donors (Lipinski definition) is 0. The molecule has 1 spiro atoms. The van der Waals surface area contributed by atoms with E-state index < -0.39 is 0 Å². The van der Waals surface area contributed by atoms with Gasteiger partial charge in [0.2, 0.25) is 11.8 Å². The third-order valence-corrected chi connectivity index (χ3v) is 4.38. The van der Waals surface area contributed by atoms with Crippen molar-refractivity contribution in [2.75, 3.05) is 26.7 Å². The second-order valence-electron chi connectivity index (χ2n) is 5.97. The molecule has 112 valence electrons. The van der Waals surface area contributed by atoms with Crippen molar-refractivity contribution in [3.63, 3.8) is 0 Å². The first kappa shape index (κ1) is 15.0. The number of rotatable bonds is 3. The van der Waals surface area contributed by atoms with Crippen LogP contribution in [0.2, 0.25) is 0 Å². The topological polar surface area (TPSA) is 49.9 Å². The number of morpholine rings is 1. The van der Waals surface area contributed by atoms with Crippen LogP contribution >= 0.6 is 0 Å². The predicted molar refractivity (Wildman–Crippen MR) is 76.2 cm³/mol. The summed E-state index contributed by atoms with van der Waals surface area (Å²) in [5, 5.41) is 0. The molecule has 2 amide bonds. The van der Waals surface area contributed by atoms with Gasteiger partial charge in [-0.25, -0.2) is 0 Å². The first-order valence-electron chi connectivity index (χ1n) is 7.28. The van der Waals surface area contributed by atoms with Crippen LogP contribution in [0.15, 0.2) is 12.7 Å². The van der Waals surface area contributed by atoms with E-state index >= 15 is 0 Å². The molecule has 5 nitrogen and oxygen atoms in total. The Kier molecular flexibility index (Phi) is 4.48. The lowest BCUT2D eigenvalue weighted by atomic mass is 9.98. The predicted octanol–water partition coefficient (Wildman–Crippen LogP) is 1.19. The van der Waals surface area contributed by atoms with Gasteiger partial charge in [-0.1, -0.05) is 19.4 Å². The molecule has 2 fully saturated rings. The van der Waals surface area contributed by atoms with E-state index in [2.05, 4.69) is 6.58 Å². The van der Waals surface area contributed by atoms with Crippen LogP contribution in [0, 0.1) is 0 Å². The van der Waals surface area contributed by atoms with Crippen molar-refractivity contribution in [3.8, 4) is 0 Å². The van der Waals surface area contributed by atoms with E-state index in [1.807, 2.05) is 11.8 Å². The molecule has 0 aromatic carbocycles. The molecule has 2 aliphatic rings. The van der Waals surface area contributed by atoms with Crippen LogP contribution in [-0.2, 0) is 14.3 Å². The lowest BCUT2D eigenvalue weighted by Gasteiger charge is -2.44. The number of carbonyl (C=O) groups is 2. The molecule has 1 atom stereocenters. The smallest absolute Gasteiger partial charge is 0.246 e. The van der Waals surface area contributed by atoms with Crippen molar-refractivity contribution in [1.82, 2.24) is 9.80 Å². The van der Waals surface area contributed by atoms with Crippen LogP contribution in [0.5, 0.6) is 0 Å². The molecule has 0 radical (unpaired) electrons. The van der Waals surface area contributed by atoms with Crippen LogP contribution in [0.25, 0.3) is 0 Å². The van der Waals surface area contributed by atoms with Gasteiger partial charge in [0.25, 0.3) is 0 Å². The van der Waals surface area contributed by atoms with E-state index in [4.69, 9.17) is 4.74 Å². The molecule has 1 heterocycles. The first-order valence-corrected chi connectivity index (χ1v) is 7.28. The summed E-state index contributed by atoms with van der Waals surface area (Å²) in [6, 6.07) is 0.0703. The summed E-state index contributed by atoms with van der Waals surface area (Å²) >= 11 is 0. The van der Waals surface area contributed by atoms with Crippen molar-refractivity contribution in [2.24, 2.45) is 0 Å². The quantitative estimate of drug-likeness (QED) is 0.730. The summed E-state index contributed by atoms with van der Waals surface area (Å²) < 4.78 is 6.00. The molecule has 0 aromatic rings. The van der Waals surface area contributed by atoms with E-state index in [9.17, 15) is 9.59 Å². The van der Waals surface area contributed by atoms with Crippen LogP contribution in [0.1, 0.15) is 32.6 Å². The minimum absolute atomic E-state index is 0.00947. The highest BCUT2D eigenvalue weighted by atomic mass is 16.5. The maximum Gasteiger partial charge on any atom is 0.246 e. The average molecular weight is 280 g/mol. The van der Waals surface area contributed by atoms with Crippen molar-refractivity contribution < 1.29 is 14.3 Å². The van der Waals surface area contributed by atoms with Crippen LogP contribution in [-0.4, -0.2) is 60.0 Å². The second-order valence-corrected chi connectivity index (χ2v) is 5.97. The molecule has 2 rings (SSSR count). The zero-order valence-electron chi connectivity index (χ0n) is 12.4. The molecule has 0 N–H and O–H groups in total. The Labute approximate surface area is 120 Å². The van der Waals surface area contributed by atoms with Crippen LogP contribution in [0.3, 0.4) is 0 Å². The van der Waals surface area contributed by atoms with E-state index in [0.29, 0.717) is 13.2 Å². The summed E-state index contributed by atoms with van der Waals surface area (Å²) in [6.07, 6.45) is 5.64. The molecule has 0 bridgehead atoms. The highest BCUT2D eigenvalue weighted by molar-refractivity contribution is 5.90. The molecule has 1 aliphatic carbocycles. The highest BCUT2D eigenvalue weighted by Crippen LogP contribution is 2.37. The zero-order valence-corrected chi connectivity index (χ0v) is 12.4. The lowest BCUT2D eigenvalue weighted by Crippen LogP contribution is -2.58. The van der Waals surface area contributed by atoms with Crippen LogP contribution < -0.4 is 0 Å². The third kappa shape index (κ3) is 3.03. The van der Waals surface area contributed by atoms with Crippen molar-refractivity contribution in [2.45, 2.75) is 44.2 Å². The van der Waals surface area contributed by atoms with Gasteiger partial charge in [0, 0.05) is 7.05 Å². The average Bonchev–Trinajstić information content (AvgIpc) is 2.89. The van der Waals surface area contributed by atoms with Crippen molar-refractivity contribution in [3.05, 3.63) is 12.7 Å². The summed E-state index contributed by atoms with van der Waals surface area (Å²) in [5.41, 5.74) is -0.136. The van der Waals surface area contributed by atoms with Gasteiger partial charge in [-0.3, -0.25) is 9.59 Å². The van der Waals surface area contributed by atoms with Gasteiger partial charge in [-0.05, 0) is 25.8 Å². The Bertz CT molecular complexity index is 402. The Morgan fingerprint density at radius 2 is 2.10 bits per heavy atom. The van der Waals surface area contributed by atoms with Gasteiger partial charge in [0.05, 0.1) is 31.3 Å². The molecule has 5 heteroatoms. The van der Waals surface area contributed by atoms with E-state index in [1.165, 1.54) is 23.8 Å². The largest absolute Gasteiger partial charge is 0.371 e. The Balaban J connectivity index is 2.00. The summed E-state index contributed by atoms with van der Waals surface area (Å²) in [4.78, 5) is 27.2. The number of likely N-dealkylation sites (N-methyl/N-ethyl adjacent to an activating group) is 1. The number of nitrogens with zero attached hydrogens (tertiary/aromatic N) is 2. The van der Waals surface area contributed by atoms with Crippen LogP contribution in [0.4, 0.5) is 0 Å². The summed E-state index contributed by atoms with van der Waals surface area (Å²) in [6.45, 7) is 6.78. The standard InChI is InChI=1S/C15H24N2O3/c1-4-13(18)16(3)9-14(19)17-11-15(7-5-6-8-15)20-10-12(17)2/h4,12H,1,5-11H2,2-3H3. The van der Waals surface area contributed by atoms with Crippen molar-refractivity contribution >= 4 is 11.8 Å². The van der Waals surface area contributed by atoms with Gasteiger partial charge >= 0.3 is 0 Å². The summed E-state index contributed by atoms with van der Waals surface area (Å²) in [7, 11) is 1.62. The first-order chi connectivity index (χ1) is 9.47. The Hall–Kier alpha value is -1.36. The summed E-state index contributed by atoms with van der Waals surface area (Å²) in [5.74, 6) is -0.236. The number of ether oxygens (including phenoxy) is 1. The normalized spacial score (nSPS) is 24.7. The fraction of sp³-hybridized carbons (Fsp3) is 0.733. The second kappa shape index (κ2) is 5.95. The number of hydrogen-bond acceptors (Lipinski definition) is 3. The van der Waals surface area contributed by atoms with Gasteiger partial charge in [-0.15, -0.1) is 0 Å². The lowest BCUT2D eigenvalue weighted by molar-refractivity contribution is -0.160. The highest BCUT2D eigenvalue weighted by Gasteiger charge is 2.43. The van der Waals surface area contributed by atoms with Gasteiger partial charge in [0.1, 0.15) is 0 Å². The molecule has 1 saturated carbocycles. The minimum atomic E-state index is -0.227. The van der Waals surface area contributed by atoms with E-state index in [1.54, 1.807) is 7.05 Å². The fourth-order valence-corrected chi connectivity index (χ4v) is 3.08. The SMILES string of the molecule is C=CC(=O)N(C)CC(=O)N1CC2(CCCC2)OCC1C. The Morgan fingerprint density at radius 1 is 1.45 bits per heavy atom. The van der Waals surface area contributed by atoms with Crippen molar-refractivity contribution in [1.29, 1.82) is 0 Å². The van der Waals surface area contributed by atoms with E-state index in [0.717, 1.165) is 12.8 Å². The molecule has 1 saturated heterocycles. The van der Waals surface area contributed by atoms with E-state index in [-0.39, 0.29) is 30.0 Å². The fourth-order valence-electron chi connectivity index (χ4n) is 3.08. The molecule has 20 heavy (non-hydrogen) atoms. The molecule has 1 aliphatic heterocycles. The zero-order chi connectivity index (χ0) is 14.8. The van der Waals surface area contributed by atoms with Gasteiger partial charge < -0.3 is 14.5 Å². The van der Waals surface area contributed by atoms with Gasteiger partial charge in [0.15, 0.2) is 0 Å². The maximum absolute atomic E-state index is 12.4.